The second-order valence-corrected chi connectivity index (χ2v) is 9.66. The van der Waals surface area contributed by atoms with Crippen molar-refractivity contribution in [3.05, 3.63) is 0 Å². The summed E-state index contributed by atoms with van der Waals surface area (Å²) in [6.07, 6.45) is 4.77. The van der Waals surface area contributed by atoms with Crippen LogP contribution in [0.4, 0.5) is 0 Å². The summed E-state index contributed by atoms with van der Waals surface area (Å²) in [6.45, 7) is 11.9. The molecule has 2 fully saturated rings. The van der Waals surface area contributed by atoms with Crippen LogP contribution in [-0.2, 0) is 9.59 Å². The van der Waals surface area contributed by atoms with Gasteiger partial charge in [0.05, 0.1) is 12.3 Å². The number of hydrogen-bond acceptors (Lipinski definition) is 4. The Morgan fingerprint density at radius 3 is 1.88 bits per heavy atom. The smallest absolute Gasteiger partial charge is 0.236 e. The van der Waals surface area contributed by atoms with Crippen molar-refractivity contribution in [3.63, 3.8) is 0 Å². The molecule has 2 aliphatic heterocycles. The fourth-order valence-corrected chi connectivity index (χ4v) is 3.88. The molecule has 0 unspecified atom stereocenters. The van der Waals surface area contributed by atoms with E-state index < -0.39 is 0 Å². The van der Waals surface area contributed by atoms with Gasteiger partial charge in [-0.25, -0.2) is 0 Å². The first-order chi connectivity index (χ1) is 11.3. The van der Waals surface area contributed by atoms with Gasteiger partial charge >= 0.3 is 0 Å². The first kappa shape index (κ1) is 19.6. The van der Waals surface area contributed by atoms with Crippen LogP contribution in [0, 0.1) is 0 Å². The molecule has 2 amide bonds. The molecule has 0 aromatic carbocycles. The lowest BCUT2D eigenvalue weighted by atomic mass is 10.2. The molecular weight excluding hydrogens is 322 g/mol. The molecule has 24 heavy (non-hydrogen) atoms. The molecule has 0 N–H and O–H groups in total. The van der Waals surface area contributed by atoms with Crippen LogP contribution in [0.25, 0.3) is 0 Å². The van der Waals surface area contributed by atoms with E-state index in [2.05, 4.69) is 25.7 Å². The highest BCUT2D eigenvalue weighted by molar-refractivity contribution is 8.01. The van der Waals surface area contributed by atoms with Crippen molar-refractivity contribution in [3.8, 4) is 0 Å². The maximum Gasteiger partial charge on any atom is 0.236 e. The second-order valence-electron chi connectivity index (χ2n) is 7.85. The number of nitrogens with zero attached hydrogens (tertiary/aromatic N) is 3. The zero-order chi connectivity index (χ0) is 17.6. The van der Waals surface area contributed by atoms with Crippen LogP contribution in [0.15, 0.2) is 0 Å². The van der Waals surface area contributed by atoms with Gasteiger partial charge in [0, 0.05) is 44.0 Å². The third-order valence-corrected chi connectivity index (χ3v) is 5.93. The number of rotatable bonds is 4. The van der Waals surface area contributed by atoms with Crippen LogP contribution >= 0.6 is 11.8 Å². The van der Waals surface area contributed by atoms with Gasteiger partial charge in [-0.3, -0.25) is 14.5 Å². The normalized spacial score (nSPS) is 20.8. The van der Waals surface area contributed by atoms with E-state index in [1.54, 1.807) is 11.8 Å². The van der Waals surface area contributed by atoms with Crippen LogP contribution < -0.4 is 0 Å². The highest BCUT2D eigenvalue weighted by Gasteiger charge is 2.25. The van der Waals surface area contributed by atoms with E-state index in [0.29, 0.717) is 12.3 Å². The minimum Gasteiger partial charge on any atom is -0.342 e. The maximum atomic E-state index is 12.4. The molecule has 6 heteroatoms. The van der Waals surface area contributed by atoms with Crippen LogP contribution in [0.1, 0.15) is 46.5 Å². The molecule has 0 saturated carbocycles. The Balaban J connectivity index is 1.70. The lowest BCUT2D eigenvalue weighted by Gasteiger charge is -2.35. The van der Waals surface area contributed by atoms with Crippen molar-refractivity contribution in [2.24, 2.45) is 0 Å². The van der Waals surface area contributed by atoms with Gasteiger partial charge in [-0.05, 0) is 12.8 Å². The summed E-state index contributed by atoms with van der Waals surface area (Å²) in [4.78, 5) is 30.9. The molecule has 0 aromatic heterocycles. The van der Waals surface area contributed by atoms with Gasteiger partial charge in [0.2, 0.25) is 11.8 Å². The lowest BCUT2D eigenvalue weighted by Crippen LogP contribution is -2.52. The average molecular weight is 356 g/mol. The quantitative estimate of drug-likeness (QED) is 0.774. The topological polar surface area (TPSA) is 43.9 Å². The summed E-state index contributed by atoms with van der Waals surface area (Å²) in [5.41, 5.74) is 0. The van der Waals surface area contributed by atoms with E-state index in [9.17, 15) is 9.59 Å². The molecule has 2 rings (SSSR count). The fraction of sp³-hybridized carbons (Fsp3) is 0.889. The van der Waals surface area contributed by atoms with E-state index in [-0.39, 0.29) is 16.6 Å². The Labute approximate surface area is 151 Å². The van der Waals surface area contributed by atoms with Gasteiger partial charge in [0.1, 0.15) is 0 Å². The fourth-order valence-electron chi connectivity index (χ4n) is 3.14. The molecule has 0 aromatic rings. The second kappa shape index (κ2) is 9.09. The van der Waals surface area contributed by atoms with E-state index in [4.69, 9.17) is 0 Å². The summed E-state index contributed by atoms with van der Waals surface area (Å²) in [5.74, 6) is 1.05. The SMILES string of the molecule is CC(C)(C)SCC(=O)N1CCN(CC(=O)N2CCCCCC2)CC1. The molecule has 0 aliphatic carbocycles. The molecule has 0 spiro atoms. The first-order valence-corrected chi connectivity index (χ1v) is 10.3. The molecule has 2 saturated heterocycles. The van der Waals surface area contributed by atoms with Gasteiger partial charge in [-0.15, -0.1) is 11.8 Å². The van der Waals surface area contributed by atoms with E-state index in [1.807, 2.05) is 9.80 Å². The van der Waals surface area contributed by atoms with Crippen LogP contribution in [0.3, 0.4) is 0 Å². The number of piperazine rings is 1. The summed E-state index contributed by atoms with van der Waals surface area (Å²) in [6, 6.07) is 0. The molecule has 0 atom stereocenters. The minimum atomic E-state index is 0.122. The Bertz CT molecular complexity index is 420. The molecule has 0 bridgehead atoms. The van der Waals surface area contributed by atoms with Crippen LogP contribution in [-0.4, -0.2) is 82.8 Å². The van der Waals surface area contributed by atoms with Gasteiger partial charge in [0.15, 0.2) is 0 Å². The maximum absolute atomic E-state index is 12.4. The predicted molar refractivity (Wildman–Crippen MR) is 100 cm³/mol. The zero-order valence-electron chi connectivity index (χ0n) is 15.6. The third kappa shape index (κ3) is 6.63. The highest BCUT2D eigenvalue weighted by Crippen LogP contribution is 2.23. The Morgan fingerprint density at radius 1 is 0.792 bits per heavy atom. The average Bonchev–Trinajstić information content (AvgIpc) is 2.82. The summed E-state index contributed by atoms with van der Waals surface area (Å²) < 4.78 is 0.122. The van der Waals surface area contributed by atoms with Crippen molar-refractivity contribution in [1.82, 2.24) is 14.7 Å². The molecular formula is C18H33N3O2S. The summed E-state index contributed by atoms with van der Waals surface area (Å²) in [5, 5.41) is 0. The van der Waals surface area contributed by atoms with Crippen molar-refractivity contribution < 1.29 is 9.59 Å². The van der Waals surface area contributed by atoms with Gasteiger partial charge in [-0.2, -0.15) is 0 Å². The zero-order valence-corrected chi connectivity index (χ0v) is 16.4. The van der Waals surface area contributed by atoms with Crippen LogP contribution in [0.5, 0.6) is 0 Å². The number of carbonyl (C=O) groups excluding carboxylic acids is 2. The van der Waals surface area contributed by atoms with Crippen LogP contribution in [0.2, 0.25) is 0 Å². The minimum absolute atomic E-state index is 0.122. The van der Waals surface area contributed by atoms with E-state index in [1.165, 1.54) is 12.8 Å². The van der Waals surface area contributed by atoms with Crippen molar-refractivity contribution in [1.29, 1.82) is 0 Å². The number of hydrogen-bond donors (Lipinski definition) is 0. The lowest BCUT2D eigenvalue weighted by molar-refractivity contribution is -0.134. The van der Waals surface area contributed by atoms with Crippen molar-refractivity contribution in [2.75, 3.05) is 51.6 Å². The van der Waals surface area contributed by atoms with Gasteiger partial charge in [0.25, 0.3) is 0 Å². The standard InChI is InChI=1S/C18H33N3O2S/c1-18(2,3)24-15-17(23)21-12-10-19(11-13-21)14-16(22)20-8-6-4-5-7-9-20/h4-15H2,1-3H3. The monoisotopic (exact) mass is 355 g/mol. The number of amides is 2. The molecule has 5 nitrogen and oxygen atoms in total. The van der Waals surface area contributed by atoms with Gasteiger partial charge in [-0.1, -0.05) is 33.6 Å². The Morgan fingerprint density at radius 2 is 1.33 bits per heavy atom. The molecule has 0 radical (unpaired) electrons. The Kier molecular flexibility index (Phi) is 7.41. The van der Waals surface area contributed by atoms with E-state index >= 15 is 0 Å². The van der Waals surface area contributed by atoms with E-state index in [0.717, 1.165) is 52.1 Å². The Hall–Kier alpha value is -0.750. The number of carbonyl (C=O) groups is 2. The van der Waals surface area contributed by atoms with Gasteiger partial charge < -0.3 is 9.80 Å². The number of thioether (sulfide) groups is 1. The summed E-state index contributed by atoms with van der Waals surface area (Å²) in [7, 11) is 0. The van der Waals surface area contributed by atoms with Crippen molar-refractivity contribution in [2.45, 2.75) is 51.2 Å². The summed E-state index contributed by atoms with van der Waals surface area (Å²) >= 11 is 1.70. The molecule has 138 valence electrons. The third-order valence-electron chi connectivity index (χ3n) is 4.67. The predicted octanol–water partition coefficient (Wildman–Crippen LogP) is 2.06. The number of likely N-dealkylation sites (tertiary alicyclic amines) is 1. The van der Waals surface area contributed by atoms with Crippen molar-refractivity contribution >= 4 is 23.6 Å². The first-order valence-electron chi connectivity index (χ1n) is 9.27. The highest BCUT2D eigenvalue weighted by atomic mass is 32.2. The largest absolute Gasteiger partial charge is 0.342 e. The molecule has 2 heterocycles. The molecule has 2 aliphatic rings.